The Hall–Kier alpha value is -1.10. The summed E-state index contributed by atoms with van der Waals surface area (Å²) in [5, 5.41) is 2.94. The van der Waals surface area contributed by atoms with Gasteiger partial charge in [-0.1, -0.05) is 31.2 Å². The second-order valence-corrected chi connectivity index (χ2v) is 5.27. The molecule has 1 aromatic rings. The number of rotatable bonds is 6. The summed E-state index contributed by atoms with van der Waals surface area (Å²) in [4.78, 5) is 11.9. The van der Waals surface area contributed by atoms with Gasteiger partial charge in [0.1, 0.15) is 6.10 Å². The van der Waals surface area contributed by atoms with Gasteiger partial charge >= 0.3 is 0 Å². The molecule has 1 amide bonds. The number of nitrogens with two attached hydrogens (primary N) is 1. The van der Waals surface area contributed by atoms with Crippen LogP contribution in [0.4, 0.5) is 0 Å². The highest BCUT2D eigenvalue weighted by atomic mass is 35.5. The topological polar surface area (TPSA) is 64.4 Å². The number of hydrogen-bond donors (Lipinski definition) is 2. The molecule has 0 saturated carbocycles. The van der Waals surface area contributed by atoms with Crippen molar-refractivity contribution in [1.82, 2.24) is 5.32 Å². The molecule has 5 heteroatoms. The second-order valence-electron chi connectivity index (χ2n) is 5.27. The lowest BCUT2D eigenvalue weighted by Gasteiger charge is -2.12. The van der Waals surface area contributed by atoms with Crippen LogP contribution in [-0.2, 0) is 22.4 Å². The smallest absolute Gasteiger partial charge is 0.249 e. The largest absolute Gasteiger partial charge is 0.364 e. The molecule has 2 rings (SSSR count). The maximum absolute atomic E-state index is 11.9. The molecule has 1 heterocycles. The standard InChI is InChI=1S/C16H24N2O2.ClH/c1-2-12-3-5-13(6-4-12)9-10-18-16(19)15-8-7-14(11-17)20-15;/h3-6,14-15H,2,7-11,17H2,1H3,(H,18,19);1H/t14-,15+;/m1./s1. The quantitative estimate of drug-likeness (QED) is 0.842. The van der Waals surface area contributed by atoms with Crippen LogP contribution in [0.1, 0.15) is 30.9 Å². The molecule has 118 valence electrons. The fourth-order valence-electron chi connectivity index (χ4n) is 2.46. The Kier molecular flexibility index (Phi) is 7.72. The zero-order chi connectivity index (χ0) is 14.4. The third-order valence-electron chi connectivity index (χ3n) is 3.81. The van der Waals surface area contributed by atoms with E-state index >= 15 is 0 Å². The fourth-order valence-corrected chi connectivity index (χ4v) is 2.46. The van der Waals surface area contributed by atoms with Crippen LogP contribution in [0.5, 0.6) is 0 Å². The van der Waals surface area contributed by atoms with Gasteiger partial charge in [0.2, 0.25) is 5.91 Å². The summed E-state index contributed by atoms with van der Waals surface area (Å²) in [6.45, 7) is 3.29. The van der Waals surface area contributed by atoms with Crippen molar-refractivity contribution in [3.63, 3.8) is 0 Å². The summed E-state index contributed by atoms with van der Waals surface area (Å²) < 4.78 is 5.57. The molecule has 2 atom stereocenters. The van der Waals surface area contributed by atoms with Crippen LogP contribution < -0.4 is 11.1 Å². The number of amides is 1. The minimum Gasteiger partial charge on any atom is -0.364 e. The van der Waals surface area contributed by atoms with E-state index in [-0.39, 0.29) is 30.5 Å². The van der Waals surface area contributed by atoms with Crippen LogP contribution in [0.2, 0.25) is 0 Å². The fraction of sp³-hybridized carbons (Fsp3) is 0.562. The number of carbonyl (C=O) groups excluding carboxylic acids is 1. The molecule has 0 bridgehead atoms. The van der Waals surface area contributed by atoms with Gasteiger partial charge < -0.3 is 15.8 Å². The maximum atomic E-state index is 11.9. The Morgan fingerprint density at radius 2 is 1.95 bits per heavy atom. The van der Waals surface area contributed by atoms with Crippen LogP contribution in [0.25, 0.3) is 0 Å². The van der Waals surface area contributed by atoms with Gasteiger partial charge in [0.05, 0.1) is 6.10 Å². The molecule has 1 saturated heterocycles. The van der Waals surface area contributed by atoms with Gasteiger partial charge in [0, 0.05) is 13.1 Å². The first kappa shape index (κ1) is 18.0. The predicted molar refractivity (Wildman–Crippen MR) is 86.7 cm³/mol. The zero-order valence-corrected chi connectivity index (χ0v) is 13.3. The number of carbonyl (C=O) groups is 1. The molecule has 0 unspecified atom stereocenters. The van der Waals surface area contributed by atoms with E-state index in [0.29, 0.717) is 13.1 Å². The molecule has 0 radical (unpaired) electrons. The Labute approximate surface area is 132 Å². The minimum atomic E-state index is -0.314. The summed E-state index contributed by atoms with van der Waals surface area (Å²) >= 11 is 0. The van der Waals surface area contributed by atoms with Crippen molar-refractivity contribution in [2.75, 3.05) is 13.1 Å². The monoisotopic (exact) mass is 312 g/mol. The molecule has 0 aliphatic carbocycles. The first-order valence-electron chi connectivity index (χ1n) is 7.44. The van der Waals surface area contributed by atoms with Crippen molar-refractivity contribution < 1.29 is 9.53 Å². The molecule has 21 heavy (non-hydrogen) atoms. The van der Waals surface area contributed by atoms with E-state index in [1.165, 1.54) is 11.1 Å². The lowest BCUT2D eigenvalue weighted by Crippen LogP contribution is -2.36. The molecule has 1 aliphatic heterocycles. The maximum Gasteiger partial charge on any atom is 0.249 e. The summed E-state index contributed by atoms with van der Waals surface area (Å²) in [5.41, 5.74) is 8.12. The Balaban J connectivity index is 0.00000220. The number of halogens is 1. The summed E-state index contributed by atoms with van der Waals surface area (Å²) in [7, 11) is 0. The van der Waals surface area contributed by atoms with Crippen LogP contribution in [-0.4, -0.2) is 31.2 Å². The Bertz CT molecular complexity index is 436. The summed E-state index contributed by atoms with van der Waals surface area (Å²) in [6.07, 6.45) is 3.30. The average Bonchev–Trinajstić information content (AvgIpc) is 2.97. The Morgan fingerprint density at radius 3 is 2.52 bits per heavy atom. The van der Waals surface area contributed by atoms with Crippen molar-refractivity contribution in [3.05, 3.63) is 35.4 Å². The van der Waals surface area contributed by atoms with Crippen molar-refractivity contribution in [2.45, 2.75) is 44.8 Å². The van der Waals surface area contributed by atoms with E-state index in [0.717, 1.165) is 25.7 Å². The first-order valence-corrected chi connectivity index (χ1v) is 7.44. The molecule has 0 spiro atoms. The van der Waals surface area contributed by atoms with Gasteiger partial charge in [-0.15, -0.1) is 12.4 Å². The van der Waals surface area contributed by atoms with Gasteiger partial charge in [0.25, 0.3) is 0 Å². The third kappa shape index (κ3) is 5.30. The number of ether oxygens (including phenoxy) is 1. The van der Waals surface area contributed by atoms with E-state index in [9.17, 15) is 4.79 Å². The third-order valence-corrected chi connectivity index (χ3v) is 3.81. The highest BCUT2D eigenvalue weighted by molar-refractivity contribution is 5.85. The lowest BCUT2D eigenvalue weighted by atomic mass is 10.1. The van der Waals surface area contributed by atoms with Crippen LogP contribution in [0.15, 0.2) is 24.3 Å². The van der Waals surface area contributed by atoms with Crippen molar-refractivity contribution in [3.8, 4) is 0 Å². The molecule has 1 fully saturated rings. The van der Waals surface area contributed by atoms with Crippen molar-refractivity contribution in [1.29, 1.82) is 0 Å². The van der Waals surface area contributed by atoms with Crippen LogP contribution in [0.3, 0.4) is 0 Å². The van der Waals surface area contributed by atoms with Crippen LogP contribution >= 0.6 is 12.4 Å². The van der Waals surface area contributed by atoms with Crippen molar-refractivity contribution in [2.24, 2.45) is 5.73 Å². The Morgan fingerprint density at radius 1 is 1.29 bits per heavy atom. The minimum absolute atomic E-state index is 0. The molecule has 1 aliphatic rings. The molecular formula is C16H25ClN2O2. The van der Waals surface area contributed by atoms with E-state index in [1.54, 1.807) is 0 Å². The van der Waals surface area contributed by atoms with E-state index in [2.05, 4.69) is 36.5 Å². The zero-order valence-electron chi connectivity index (χ0n) is 12.5. The van der Waals surface area contributed by atoms with Gasteiger partial charge in [0.15, 0.2) is 0 Å². The number of aryl methyl sites for hydroxylation is 1. The number of benzene rings is 1. The average molecular weight is 313 g/mol. The SMILES string of the molecule is CCc1ccc(CCNC(=O)[C@@H]2CC[C@H](CN)O2)cc1.Cl. The number of hydrogen-bond acceptors (Lipinski definition) is 3. The van der Waals surface area contributed by atoms with Gasteiger partial charge in [-0.2, -0.15) is 0 Å². The lowest BCUT2D eigenvalue weighted by molar-refractivity contribution is -0.131. The number of nitrogens with one attached hydrogen (secondary N) is 1. The van der Waals surface area contributed by atoms with Gasteiger partial charge in [-0.25, -0.2) is 0 Å². The van der Waals surface area contributed by atoms with Gasteiger partial charge in [-0.05, 0) is 36.8 Å². The predicted octanol–water partition coefficient (Wildman–Crippen LogP) is 1.84. The van der Waals surface area contributed by atoms with Crippen molar-refractivity contribution >= 4 is 18.3 Å². The molecular weight excluding hydrogens is 288 g/mol. The molecule has 0 aromatic heterocycles. The molecule has 1 aromatic carbocycles. The molecule has 4 nitrogen and oxygen atoms in total. The summed E-state index contributed by atoms with van der Waals surface area (Å²) in [6, 6.07) is 8.54. The first-order chi connectivity index (χ1) is 9.72. The second kappa shape index (κ2) is 9.03. The van der Waals surface area contributed by atoms with E-state index in [1.807, 2.05) is 0 Å². The highest BCUT2D eigenvalue weighted by Gasteiger charge is 2.29. The normalized spacial score (nSPS) is 20.9. The summed E-state index contributed by atoms with van der Waals surface area (Å²) in [5.74, 6) is -0.00821. The van der Waals surface area contributed by atoms with E-state index in [4.69, 9.17) is 10.5 Å². The highest BCUT2D eigenvalue weighted by Crippen LogP contribution is 2.18. The molecule has 3 N–H and O–H groups in total. The van der Waals surface area contributed by atoms with E-state index < -0.39 is 0 Å². The van der Waals surface area contributed by atoms with Crippen LogP contribution in [0, 0.1) is 0 Å². The van der Waals surface area contributed by atoms with Gasteiger partial charge in [-0.3, -0.25) is 4.79 Å².